The summed E-state index contributed by atoms with van der Waals surface area (Å²) in [5.74, 6) is 1.12. The average molecular weight is 392 g/mol. The number of hydrogen-bond acceptors (Lipinski definition) is 6. The molecule has 1 saturated heterocycles. The molecule has 0 atom stereocenters. The topological polar surface area (TPSA) is 97.6 Å². The molecular formula is C21H20N4O4. The van der Waals surface area contributed by atoms with Gasteiger partial charge in [-0.25, -0.2) is 0 Å². The van der Waals surface area contributed by atoms with Crippen LogP contribution in [0.5, 0.6) is 5.75 Å². The van der Waals surface area contributed by atoms with Crippen molar-refractivity contribution >= 4 is 23.2 Å². The van der Waals surface area contributed by atoms with Crippen LogP contribution < -0.4 is 15.0 Å². The largest absolute Gasteiger partial charge is 0.485 e. The molecule has 8 heteroatoms. The Balaban J connectivity index is 1.43. The molecule has 2 amide bonds. The Hall–Kier alpha value is -3.68. The van der Waals surface area contributed by atoms with E-state index in [4.69, 9.17) is 9.26 Å². The summed E-state index contributed by atoms with van der Waals surface area (Å²) in [5.41, 5.74) is 1.87. The van der Waals surface area contributed by atoms with Gasteiger partial charge in [0.1, 0.15) is 5.75 Å². The van der Waals surface area contributed by atoms with Crippen LogP contribution in [0.1, 0.15) is 34.9 Å². The quantitative estimate of drug-likeness (QED) is 0.691. The smallest absolute Gasteiger partial charge is 0.259 e. The first-order valence-corrected chi connectivity index (χ1v) is 9.33. The number of nitrogens with one attached hydrogen (secondary N) is 1. The molecule has 0 aliphatic carbocycles. The molecule has 1 aliphatic rings. The third kappa shape index (κ3) is 4.26. The summed E-state index contributed by atoms with van der Waals surface area (Å²) in [4.78, 5) is 30.4. The predicted molar refractivity (Wildman–Crippen MR) is 106 cm³/mol. The minimum Gasteiger partial charge on any atom is -0.485 e. The fourth-order valence-corrected chi connectivity index (χ4v) is 3.17. The molecule has 0 spiro atoms. The fraction of sp³-hybridized carbons (Fsp3) is 0.238. The third-order valence-corrected chi connectivity index (χ3v) is 4.57. The van der Waals surface area contributed by atoms with Gasteiger partial charge in [-0.1, -0.05) is 17.3 Å². The van der Waals surface area contributed by atoms with Crippen LogP contribution in [-0.2, 0) is 11.4 Å². The number of nitrogens with zero attached hydrogens (tertiary/aromatic N) is 3. The van der Waals surface area contributed by atoms with E-state index < -0.39 is 0 Å². The van der Waals surface area contributed by atoms with Gasteiger partial charge in [0.05, 0.1) is 5.56 Å². The van der Waals surface area contributed by atoms with Gasteiger partial charge in [0.2, 0.25) is 17.6 Å². The second-order valence-electron chi connectivity index (χ2n) is 6.66. The number of ether oxygens (including phenoxy) is 1. The lowest BCUT2D eigenvalue weighted by Crippen LogP contribution is -2.23. The summed E-state index contributed by atoms with van der Waals surface area (Å²) in [6.07, 6.45) is 1.45. The normalized spacial score (nSPS) is 13.6. The summed E-state index contributed by atoms with van der Waals surface area (Å²) < 4.78 is 10.6. The van der Waals surface area contributed by atoms with E-state index in [2.05, 4.69) is 15.5 Å². The van der Waals surface area contributed by atoms with E-state index in [1.807, 2.05) is 12.1 Å². The summed E-state index contributed by atoms with van der Waals surface area (Å²) in [6.45, 7) is 2.53. The molecule has 2 heterocycles. The Morgan fingerprint density at radius 2 is 2.00 bits per heavy atom. The first kappa shape index (κ1) is 18.7. The first-order chi connectivity index (χ1) is 14.1. The summed E-state index contributed by atoms with van der Waals surface area (Å²) >= 11 is 0. The monoisotopic (exact) mass is 392 g/mol. The molecular weight excluding hydrogens is 372 g/mol. The Morgan fingerprint density at radius 1 is 1.21 bits per heavy atom. The molecule has 0 radical (unpaired) electrons. The maximum atomic E-state index is 12.7. The molecule has 1 aromatic heterocycles. The van der Waals surface area contributed by atoms with Crippen LogP contribution >= 0.6 is 0 Å². The van der Waals surface area contributed by atoms with E-state index in [0.29, 0.717) is 35.1 Å². The maximum Gasteiger partial charge on any atom is 0.259 e. The van der Waals surface area contributed by atoms with E-state index in [1.54, 1.807) is 48.2 Å². The van der Waals surface area contributed by atoms with E-state index in [9.17, 15) is 9.59 Å². The minimum atomic E-state index is -0.296. The van der Waals surface area contributed by atoms with Crippen molar-refractivity contribution in [3.63, 3.8) is 0 Å². The van der Waals surface area contributed by atoms with Crippen LogP contribution in [0.2, 0.25) is 0 Å². The lowest BCUT2D eigenvalue weighted by atomic mass is 10.1. The number of benzene rings is 2. The molecule has 1 fully saturated rings. The number of amides is 2. The number of rotatable bonds is 6. The molecule has 4 rings (SSSR count). The van der Waals surface area contributed by atoms with Gasteiger partial charge in [0.15, 0.2) is 6.61 Å². The van der Waals surface area contributed by atoms with Crippen molar-refractivity contribution in [2.75, 3.05) is 16.8 Å². The van der Waals surface area contributed by atoms with Crippen LogP contribution in [0.15, 0.2) is 53.1 Å². The highest BCUT2D eigenvalue weighted by atomic mass is 16.5. The van der Waals surface area contributed by atoms with Crippen LogP contribution in [0, 0.1) is 6.92 Å². The Labute approximate surface area is 167 Å². The molecule has 148 valence electrons. The Kier molecular flexibility index (Phi) is 5.24. The molecule has 0 saturated carbocycles. The van der Waals surface area contributed by atoms with E-state index in [-0.39, 0.29) is 18.4 Å². The van der Waals surface area contributed by atoms with Gasteiger partial charge >= 0.3 is 0 Å². The third-order valence-electron chi connectivity index (χ3n) is 4.57. The average Bonchev–Trinajstić information content (AvgIpc) is 3.35. The molecule has 1 aliphatic heterocycles. The lowest BCUT2D eigenvalue weighted by Gasteiger charge is -2.16. The van der Waals surface area contributed by atoms with Crippen molar-refractivity contribution in [3.8, 4) is 5.75 Å². The minimum absolute atomic E-state index is 0.0974. The summed E-state index contributed by atoms with van der Waals surface area (Å²) in [7, 11) is 0. The number of carbonyl (C=O) groups is 2. The van der Waals surface area contributed by atoms with Gasteiger partial charge in [-0.05, 0) is 42.8 Å². The number of aryl methyl sites for hydroxylation is 1. The van der Waals surface area contributed by atoms with Gasteiger partial charge in [0, 0.05) is 31.3 Å². The van der Waals surface area contributed by atoms with Crippen molar-refractivity contribution in [2.24, 2.45) is 0 Å². The standard InChI is InChI=1S/C21H20N4O4/c1-14-22-19(24-29-14)13-28-18-6-3-2-5-17(18)21(27)23-15-8-10-16(11-9-15)25-12-4-7-20(25)26/h2-3,5-6,8-11H,4,7,12-13H2,1H3,(H,23,27). The number of carbonyl (C=O) groups excluding carboxylic acids is 2. The second kappa shape index (κ2) is 8.14. The lowest BCUT2D eigenvalue weighted by molar-refractivity contribution is -0.117. The maximum absolute atomic E-state index is 12.7. The Morgan fingerprint density at radius 3 is 2.69 bits per heavy atom. The Bertz CT molecular complexity index is 1030. The highest BCUT2D eigenvalue weighted by molar-refractivity contribution is 6.06. The molecule has 29 heavy (non-hydrogen) atoms. The summed E-state index contributed by atoms with van der Waals surface area (Å²) in [5, 5.41) is 6.64. The number of aromatic nitrogens is 2. The second-order valence-corrected chi connectivity index (χ2v) is 6.66. The molecule has 0 bridgehead atoms. The van der Waals surface area contributed by atoms with E-state index in [1.165, 1.54) is 0 Å². The van der Waals surface area contributed by atoms with Crippen molar-refractivity contribution in [1.82, 2.24) is 10.1 Å². The first-order valence-electron chi connectivity index (χ1n) is 9.33. The van der Waals surface area contributed by atoms with Gasteiger partial charge in [0.25, 0.3) is 5.91 Å². The molecule has 2 aromatic carbocycles. The highest BCUT2D eigenvalue weighted by Crippen LogP contribution is 2.24. The van der Waals surface area contributed by atoms with Gasteiger partial charge < -0.3 is 19.5 Å². The number of para-hydroxylation sites is 1. The van der Waals surface area contributed by atoms with Crippen molar-refractivity contribution < 1.29 is 18.8 Å². The van der Waals surface area contributed by atoms with Crippen LogP contribution in [0.4, 0.5) is 11.4 Å². The summed E-state index contributed by atoms with van der Waals surface area (Å²) in [6, 6.07) is 14.2. The number of anilines is 2. The molecule has 3 aromatic rings. The van der Waals surface area contributed by atoms with Gasteiger partial charge in [-0.2, -0.15) is 4.98 Å². The van der Waals surface area contributed by atoms with E-state index >= 15 is 0 Å². The van der Waals surface area contributed by atoms with Crippen LogP contribution in [0.25, 0.3) is 0 Å². The van der Waals surface area contributed by atoms with E-state index in [0.717, 1.165) is 18.7 Å². The zero-order valence-electron chi connectivity index (χ0n) is 15.9. The van der Waals surface area contributed by atoms with Crippen molar-refractivity contribution in [3.05, 3.63) is 65.8 Å². The zero-order valence-corrected chi connectivity index (χ0v) is 15.9. The fourth-order valence-electron chi connectivity index (χ4n) is 3.17. The molecule has 0 unspecified atom stereocenters. The van der Waals surface area contributed by atoms with Crippen LogP contribution in [-0.4, -0.2) is 28.5 Å². The highest BCUT2D eigenvalue weighted by Gasteiger charge is 2.21. The SMILES string of the molecule is Cc1nc(COc2ccccc2C(=O)Nc2ccc(N3CCCC3=O)cc2)no1. The number of hydrogen-bond donors (Lipinski definition) is 1. The van der Waals surface area contributed by atoms with Gasteiger partial charge in [-0.3, -0.25) is 9.59 Å². The zero-order chi connectivity index (χ0) is 20.2. The van der Waals surface area contributed by atoms with Crippen molar-refractivity contribution in [2.45, 2.75) is 26.4 Å². The molecule has 8 nitrogen and oxygen atoms in total. The van der Waals surface area contributed by atoms with Gasteiger partial charge in [-0.15, -0.1) is 0 Å². The van der Waals surface area contributed by atoms with Crippen LogP contribution in [0.3, 0.4) is 0 Å². The molecule has 1 N–H and O–H groups in total. The predicted octanol–water partition coefficient (Wildman–Crippen LogP) is 3.34. The van der Waals surface area contributed by atoms with Crippen molar-refractivity contribution in [1.29, 1.82) is 0 Å².